The molecule has 1 aliphatic carbocycles. The van der Waals surface area contributed by atoms with Crippen molar-refractivity contribution in [2.24, 2.45) is 0 Å². The van der Waals surface area contributed by atoms with E-state index in [0.29, 0.717) is 23.0 Å². The molecule has 266 valence electrons. The van der Waals surface area contributed by atoms with E-state index in [0.717, 1.165) is 72.3 Å². The fourth-order valence-electron chi connectivity index (χ4n) is 8.55. The van der Waals surface area contributed by atoms with Crippen LogP contribution in [0.5, 0.6) is 0 Å². The summed E-state index contributed by atoms with van der Waals surface area (Å²) in [5.41, 5.74) is 13.8. The molecular weight excluding hydrogens is 693 g/mol. The van der Waals surface area contributed by atoms with Gasteiger partial charge in [0.25, 0.3) is 0 Å². The molecule has 57 heavy (non-hydrogen) atoms. The van der Waals surface area contributed by atoms with E-state index in [4.69, 9.17) is 15.0 Å². The molecule has 0 radical (unpaired) electrons. The average Bonchev–Trinajstić information content (AvgIpc) is 3.60. The molecule has 10 rings (SSSR count). The molecule has 1 aliphatic rings. The average molecular weight is 727 g/mol. The molecular formula is C53H34N4. The van der Waals surface area contributed by atoms with Crippen LogP contribution in [0.4, 0.5) is 0 Å². The summed E-state index contributed by atoms with van der Waals surface area (Å²) in [6.07, 6.45) is 0. The molecule has 1 heterocycles. The fraction of sp³-hybridized carbons (Fsp3) is 0.0189. The van der Waals surface area contributed by atoms with Crippen LogP contribution in [0.3, 0.4) is 0 Å². The van der Waals surface area contributed by atoms with Crippen LogP contribution in [0.1, 0.15) is 27.8 Å². The SMILES string of the molecule is N#Cc1ccc2c(c1)C(c1ccccc1)(c1ccccc1)c1cccc(-c3ccccc3-c3nc(-c4ccccc4)nc(-c4cccc(-c5ccccc5)c4)n3)c1-2. The number of aromatic nitrogens is 3. The Morgan fingerprint density at radius 1 is 0.351 bits per heavy atom. The minimum Gasteiger partial charge on any atom is -0.208 e. The van der Waals surface area contributed by atoms with Crippen LogP contribution in [0.2, 0.25) is 0 Å². The van der Waals surface area contributed by atoms with Crippen LogP contribution in [-0.2, 0) is 5.41 Å². The molecule has 4 nitrogen and oxygen atoms in total. The second kappa shape index (κ2) is 14.2. The van der Waals surface area contributed by atoms with Gasteiger partial charge in [0.1, 0.15) is 0 Å². The first-order valence-electron chi connectivity index (χ1n) is 19.1. The summed E-state index contributed by atoms with van der Waals surface area (Å²) in [5.74, 6) is 1.80. The summed E-state index contributed by atoms with van der Waals surface area (Å²) in [6.45, 7) is 0. The summed E-state index contributed by atoms with van der Waals surface area (Å²) < 4.78 is 0. The molecule has 0 aliphatic heterocycles. The van der Waals surface area contributed by atoms with Crippen LogP contribution in [0.15, 0.2) is 206 Å². The first-order valence-corrected chi connectivity index (χ1v) is 19.1. The predicted octanol–water partition coefficient (Wildman–Crippen LogP) is 12.4. The number of nitriles is 1. The third-order valence-corrected chi connectivity index (χ3v) is 11.1. The highest BCUT2D eigenvalue weighted by molar-refractivity contribution is 5.98. The minimum atomic E-state index is -0.657. The summed E-state index contributed by atoms with van der Waals surface area (Å²) in [4.78, 5) is 15.5. The zero-order chi connectivity index (χ0) is 38.2. The Morgan fingerprint density at radius 3 is 1.53 bits per heavy atom. The maximum atomic E-state index is 10.2. The van der Waals surface area contributed by atoms with Gasteiger partial charge in [0.2, 0.25) is 0 Å². The van der Waals surface area contributed by atoms with E-state index in [-0.39, 0.29) is 0 Å². The number of nitrogens with zero attached hydrogens (tertiary/aromatic N) is 4. The highest BCUT2D eigenvalue weighted by atomic mass is 15.0. The van der Waals surface area contributed by atoms with Crippen LogP contribution in [-0.4, -0.2) is 15.0 Å². The molecule has 0 amide bonds. The normalized spacial score (nSPS) is 12.3. The Kier molecular flexibility index (Phi) is 8.39. The Morgan fingerprint density at radius 2 is 0.860 bits per heavy atom. The number of fused-ring (bicyclic) bond motifs is 3. The van der Waals surface area contributed by atoms with E-state index < -0.39 is 5.41 Å². The van der Waals surface area contributed by atoms with Gasteiger partial charge in [0.15, 0.2) is 17.5 Å². The van der Waals surface area contributed by atoms with Gasteiger partial charge in [0, 0.05) is 16.7 Å². The van der Waals surface area contributed by atoms with Gasteiger partial charge in [-0.2, -0.15) is 5.26 Å². The smallest absolute Gasteiger partial charge is 0.164 e. The first-order chi connectivity index (χ1) is 28.2. The van der Waals surface area contributed by atoms with Gasteiger partial charge in [-0.05, 0) is 73.8 Å². The van der Waals surface area contributed by atoms with Crippen LogP contribution in [0.25, 0.3) is 67.5 Å². The Bertz CT molecular complexity index is 2910. The van der Waals surface area contributed by atoms with E-state index in [9.17, 15) is 5.26 Å². The van der Waals surface area contributed by atoms with Crippen molar-refractivity contribution in [3.8, 4) is 73.6 Å². The first kappa shape index (κ1) is 33.8. The van der Waals surface area contributed by atoms with Crippen molar-refractivity contribution in [1.29, 1.82) is 5.26 Å². The van der Waals surface area contributed by atoms with Gasteiger partial charge in [-0.25, -0.2) is 15.0 Å². The molecule has 0 bridgehead atoms. The summed E-state index contributed by atoms with van der Waals surface area (Å²) in [5, 5.41) is 10.2. The zero-order valence-corrected chi connectivity index (χ0v) is 30.9. The number of rotatable bonds is 7. The third-order valence-electron chi connectivity index (χ3n) is 11.1. The highest BCUT2D eigenvalue weighted by Gasteiger charge is 2.47. The molecule has 0 saturated heterocycles. The Labute approximate surface area is 332 Å². The van der Waals surface area contributed by atoms with E-state index in [1.807, 2.05) is 42.5 Å². The van der Waals surface area contributed by atoms with E-state index in [1.165, 1.54) is 0 Å². The summed E-state index contributed by atoms with van der Waals surface area (Å²) in [7, 11) is 0. The van der Waals surface area contributed by atoms with Gasteiger partial charge in [-0.15, -0.1) is 0 Å². The molecule has 0 fully saturated rings. The topological polar surface area (TPSA) is 62.5 Å². The van der Waals surface area contributed by atoms with Crippen molar-refractivity contribution in [3.05, 3.63) is 234 Å². The van der Waals surface area contributed by atoms with Gasteiger partial charge in [-0.1, -0.05) is 188 Å². The van der Waals surface area contributed by atoms with Crippen molar-refractivity contribution in [1.82, 2.24) is 15.0 Å². The van der Waals surface area contributed by atoms with E-state index >= 15 is 0 Å². The zero-order valence-electron chi connectivity index (χ0n) is 30.9. The van der Waals surface area contributed by atoms with Crippen molar-refractivity contribution in [2.75, 3.05) is 0 Å². The molecule has 1 aromatic heterocycles. The Hall–Kier alpha value is -7.74. The molecule has 0 saturated carbocycles. The van der Waals surface area contributed by atoms with E-state index in [2.05, 4.69) is 170 Å². The predicted molar refractivity (Wildman–Crippen MR) is 229 cm³/mol. The lowest BCUT2D eigenvalue weighted by atomic mass is 9.67. The molecule has 0 atom stereocenters. The van der Waals surface area contributed by atoms with Crippen molar-refractivity contribution >= 4 is 0 Å². The van der Waals surface area contributed by atoms with Gasteiger partial charge in [-0.3, -0.25) is 0 Å². The standard InChI is InChI=1S/C53H34N4/c54-35-36-31-32-46-48(33-36)53(41-23-9-3-10-24-41,42-25-11-4-12-26-42)47-30-16-29-44(49(46)47)43-27-13-14-28-45(43)52-56-50(38-19-7-2-8-20-38)55-51(57-52)40-22-15-21-39(34-40)37-17-5-1-6-18-37/h1-34H. The highest BCUT2D eigenvalue weighted by Crippen LogP contribution is 2.58. The largest absolute Gasteiger partial charge is 0.208 e. The van der Waals surface area contributed by atoms with Crippen molar-refractivity contribution in [3.63, 3.8) is 0 Å². The second-order valence-corrected chi connectivity index (χ2v) is 14.2. The lowest BCUT2D eigenvalue weighted by molar-refractivity contribution is 0.768. The quantitative estimate of drug-likeness (QED) is 0.164. The Balaban J connectivity index is 1.22. The molecule has 8 aromatic carbocycles. The maximum Gasteiger partial charge on any atom is 0.164 e. The third kappa shape index (κ3) is 5.73. The lowest BCUT2D eigenvalue weighted by Crippen LogP contribution is -2.28. The second-order valence-electron chi connectivity index (χ2n) is 14.2. The number of hydrogen-bond acceptors (Lipinski definition) is 4. The maximum absolute atomic E-state index is 10.2. The molecule has 0 spiro atoms. The van der Waals surface area contributed by atoms with E-state index in [1.54, 1.807) is 0 Å². The minimum absolute atomic E-state index is 0.590. The molecule has 0 N–H and O–H groups in total. The van der Waals surface area contributed by atoms with Crippen LogP contribution >= 0.6 is 0 Å². The number of hydrogen-bond donors (Lipinski definition) is 0. The van der Waals surface area contributed by atoms with Crippen LogP contribution in [0, 0.1) is 11.3 Å². The monoisotopic (exact) mass is 726 g/mol. The van der Waals surface area contributed by atoms with Crippen LogP contribution < -0.4 is 0 Å². The summed E-state index contributed by atoms with van der Waals surface area (Å²) in [6, 6.07) is 73.8. The molecule has 4 heteroatoms. The lowest BCUT2D eigenvalue weighted by Gasteiger charge is -2.34. The molecule has 9 aromatic rings. The van der Waals surface area contributed by atoms with Crippen molar-refractivity contribution in [2.45, 2.75) is 5.41 Å². The van der Waals surface area contributed by atoms with Crippen molar-refractivity contribution < 1.29 is 0 Å². The fourth-order valence-corrected chi connectivity index (χ4v) is 8.55. The summed E-state index contributed by atoms with van der Waals surface area (Å²) >= 11 is 0. The molecule has 0 unspecified atom stereocenters. The van der Waals surface area contributed by atoms with Gasteiger partial charge >= 0.3 is 0 Å². The number of benzene rings is 8. The van der Waals surface area contributed by atoms with Gasteiger partial charge in [0.05, 0.1) is 17.0 Å². The van der Waals surface area contributed by atoms with Gasteiger partial charge < -0.3 is 0 Å².